The molecule has 0 saturated heterocycles. The minimum Gasteiger partial charge on any atom is -0.393 e. The molecule has 1 unspecified atom stereocenters. The molecule has 2 nitrogen and oxygen atoms in total. The number of nitriles is 1. The minimum absolute atomic E-state index is 0.182. The number of unbranched alkanes of at least 4 members (excludes halogenated alkanes) is 1. The number of rotatable bonds is 5. The van der Waals surface area contributed by atoms with E-state index in [1.54, 1.807) is 0 Å². The first-order valence-corrected chi connectivity index (χ1v) is 3.86. The highest BCUT2D eigenvalue weighted by Crippen LogP contribution is 2.05. The molecule has 0 saturated carbocycles. The average molecular weight is 141 g/mol. The van der Waals surface area contributed by atoms with Crippen LogP contribution in [-0.2, 0) is 0 Å². The lowest BCUT2D eigenvalue weighted by Gasteiger charge is -2.05. The van der Waals surface area contributed by atoms with E-state index in [2.05, 4.69) is 6.07 Å². The van der Waals surface area contributed by atoms with Gasteiger partial charge in [0.05, 0.1) is 12.2 Å². The Hall–Kier alpha value is -0.550. The molecule has 0 spiro atoms. The summed E-state index contributed by atoms with van der Waals surface area (Å²) < 4.78 is 0. The van der Waals surface area contributed by atoms with E-state index >= 15 is 0 Å². The van der Waals surface area contributed by atoms with Crippen LogP contribution >= 0.6 is 0 Å². The Kier molecular flexibility index (Phi) is 6.21. The van der Waals surface area contributed by atoms with Crippen molar-refractivity contribution < 1.29 is 5.11 Å². The van der Waals surface area contributed by atoms with Crippen molar-refractivity contribution in [1.82, 2.24) is 0 Å². The van der Waals surface area contributed by atoms with Crippen LogP contribution in [0.4, 0.5) is 0 Å². The number of hydrogen-bond donors (Lipinski definition) is 1. The number of hydrogen-bond acceptors (Lipinski definition) is 2. The van der Waals surface area contributed by atoms with Gasteiger partial charge in [-0.05, 0) is 19.3 Å². The predicted molar refractivity (Wildman–Crippen MR) is 40.4 cm³/mol. The van der Waals surface area contributed by atoms with Crippen LogP contribution in [0.15, 0.2) is 0 Å². The maximum atomic E-state index is 9.17. The molecule has 0 bridgehead atoms. The average Bonchev–Trinajstić information content (AvgIpc) is 1.89. The highest BCUT2D eigenvalue weighted by Gasteiger charge is 2.00. The summed E-state index contributed by atoms with van der Waals surface area (Å²) in [6.45, 7) is 2.05. The van der Waals surface area contributed by atoms with Crippen molar-refractivity contribution in [2.24, 2.45) is 0 Å². The summed E-state index contributed by atoms with van der Waals surface area (Å²) in [6, 6.07) is 2.05. The lowest BCUT2D eigenvalue weighted by molar-refractivity contribution is 0.151. The van der Waals surface area contributed by atoms with E-state index in [0.717, 1.165) is 25.7 Å². The van der Waals surface area contributed by atoms with Crippen molar-refractivity contribution in [3.05, 3.63) is 0 Å². The SMILES string of the molecule is CCCC(O)CCCC#N. The van der Waals surface area contributed by atoms with Gasteiger partial charge in [-0.15, -0.1) is 0 Å². The Balaban J connectivity index is 3.06. The molecule has 0 aromatic heterocycles. The van der Waals surface area contributed by atoms with E-state index in [4.69, 9.17) is 10.4 Å². The fourth-order valence-corrected chi connectivity index (χ4v) is 0.894. The van der Waals surface area contributed by atoms with Gasteiger partial charge in [0.2, 0.25) is 0 Å². The van der Waals surface area contributed by atoms with Crippen molar-refractivity contribution in [2.75, 3.05) is 0 Å². The van der Waals surface area contributed by atoms with E-state index in [9.17, 15) is 0 Å². The number of aliphatic hydroxyl groups is 1. The highest BCUT2D eigenvalue weighted by atomic mass is 16.3. The first-order chi connectivity index (χ1) is 4.81. The summed E-state index contributed by atoms with van der Waals surface area (Å²) in [5.74, 6) is 0. The monoisotopic (exact) mass is 141 g/mol. The quantitative estimate of drug-likeness (QED) is 0.594. The zero-order chi connectivity index (χ0) is 7.82. The first kappa shape index (κ1) is 9.45. The van der Waals surface area contributed by atoms with Gasteiger partial charge in [0, 0.05) is 6.42 Å². The summed E-state index contributed by atoms with van der Waals surface area (Å²) in [7, 11) is 0. The van der Waals surface area contributed by atoms with Crippen LogP contribution in [0.1, 0.15) is 39.0 Å². The zero-order valence-electron chi connectivity index (χ0n) is 6.51. The molecule has 0 amide bonds. The molecule has 0 aliphatic heterocycles. The fraction of sp³-hybridized carbons (Fsp3) is 0.875. The van der Waals surface area contributed by atoms with E-state index in [1.165, 1.54) is 0 Å². The van der Waals surface area contributed by atoms with E-state index in [1.807, 2.05) is 6.92 Å². The molecular formula is C8H15NO. The van der Waals surface area contributed by atoms with Gasteiger partial charge in [0.15, 0.2) is 0 Å². The standard InChI is InChI=1S/C8H15NO/c1-2-5-8(10)6-3-4-7-9/h8,10H,2-6H2,1H3. The molecule has 0 heterocycles. The Morgan fingerprint density at radius 3 is 2.70 bits per heavy atom. The smallest absolute Gasteiger partial charge is 0.0621 e. The van der Waals surface area contributed by atoms with Gasteiger partial charge in [0.1, 0.15) is 0 Å². The maximum Gasteiger partial charge on any atom is 0.0621 e. The van der Waals surface area contributed by atoms with Crippen molar-refractivity contribution in [1.29, 1.82) is 5.26 Å². The summed E-state index contributed by atoms with van der Waals surface area (Å²) in [4.78, 5) is 0. The normalized spacial score (nSPS) is 12.5. The Bertz CT molecular complexity index is 106. The molecule has 0 aliphatic carbocycles. The molecule has 10 heavy (non-hydrogen) atoms. The molecule has 0 rings (SSSR count). The van der Waals surface area contributed by atoms with Gasteiger partial charge in [0.25, 0.3) is 0 Å². The maximum absolute atomic E-state index is 9.17. The second-order valence-corrected chi connectivity index (χ2v) is 2.49. The summed E-state index contributed by atoms with van der Waals surface area (Å²) in [6.07, 6.45) is 3.89. The van der Waals surface area contributed by atoms with Gasteiger partial charge >= 0.3 is 0 Å². The molecule has 0 aliphatic rings. The van der Waals surface area contributed by atoms with E-state index < -0.39 is 0 Å². The zero-order valence-corrected chi connectivity index (χ0v) is 6.51. The van der Waals surface area contributed by atoms with Crippen molar-refractivity contribution >= 4 is 0 Å². The molecule has 0 aromatic carbocycles. The van der Waals surface area contributed by atoms with E-state index in [0.29, 0.717) is 6.42 Å². The van der Waals surface area contributed by atoms with Gasteiger partial charge in [-0.1, -0.05) is 13.3 Å². The van der Waals surface area contributed by atoms with Gasteiger partial charge < -0.3 is 5.11 Å². The van der Waals surface area contributed by atoms with Gasteiger partial charge in [-0.3, -0.25) is 0 Å². The van der Waals surface area contributed by atoms with Crippen LogP contribution in [0, 0.1) is 11.3 Å². The number of aliphatic hydroxyl groups excluding tert-OH is 1. The lowest BCUT2D eigenvalue weighted by atomic mass is 10.1. The lowest BCUT2D eigenvalue weighted by Crippen LogP contribution is -2.04. The largest absolute Gasteiger partial charge is 0.393 e. The third-order valence-electron chi connectivity index (χ3n) is 1.45. The third-order valence-corrected chi connectivity index (χ3v) is 1.45. The minimum atomic E-state index is -0.182. The molecule has 58 valence electrons. The van der Waals surface area contributed by atoms with Crippen molar-refractivity contribution in [2.45, 2.75) is 45.1 Å². The van der Waals surface area contributed by atoms with Crippen LogP contribution in [0.5, 0.6) is 0 Å². The summed E-state index contributed by atoms with van der Waals surface area (Å²) in [5.41, 5.74) is 0. The summed E-state index contributed by atoms with van der Waals surface area (Å²) in [5, 5.41) is 17.3. The molecular weight excluding hydrogens is 126 g/mol. The second-order valence-electron chi connectivity index (χ2n) is 2.49. The van der Waals surface area contributed by atoms with Crippen LogP contribution < -0.4 is 0 Å². The molecule has 0 fully saturated rings. The topological polar surface area (TPSA) is 44.0 Å². The van der Waals surface area contributed by atoms with Crippen LogP contribution in [0.25, 0.3) is 0 Å². The second kappa shape index (κ2) is 6.57. The van der Waals surface area contributed by atoms with Crippen molar-refractivity contribution in [3.8, 4) is 6.07 Å². The molecule has 0 aromatic rings. The van der Waals surface area contributed by atoms with Gasteiger partial charge in [-0.2, -0.15) is 5.26 Å². The van der Waals surface area contributed by atoms with E-state index in [-0.39, 0.29) is 6.10 Å². The Morgan fingerprint density at radius 2 is 2.20 bits per heavy atom. The van der Waals surface area contributed by atoms with Crippen LogP contribution in [0.3, 0.4) is 0 Å². The number of nitrogens with zero attached hydrogens (tertiary/aromatic N) is 1. The van der Waals surface area contributed by atoms with Crippen LogP contribution in [0.2, 0.25) is 0 Å². The predicted octanol–water partition coefficient (Wildman–Crippen LogP) is 1.84. The van der Waals surface area contributed by atoms with Crippen LogP contribution in [-0.4, -0.2) is 11.2 Å². The highest BCUT2D eigenvalue weighted by molar-refractivity contribution is 4.69. The van der Waals surface area contributed by atoms with Gasteiger partial charge in [-0.25, -0.2) is 0 Å². The van der Waals surface area contributed by atoms with Crippen molar-refractivity contribution in [3.63, 3.8) is 0 Å². The first-order valence-electron chi connectivity index (χ1n) is 3.86. The fourth-order valence-electron chi connectivity index (χ4n) is 0.894. The molecule has 1 atom stereocenters. The molecule has 2 heteroatoms. The molecule has 1 N–H and O–H groups in total. The molecule has 0 radical (unpaired) electrons. The summed E-state index contributed by atoms with van der Waals surface area (Å²) >= 11 is 0. The third kappa shape index (κ3) is 5.58. The Morgan fingerprint density at radius 1 is 1.50 bits per heavy atom. The Labute approximate surface area is 62.5 Å².